The van der Waals surface area contributed by atoms with Crippen LogP contribution >= 0.6 is 0 Å². The fourth-order valence-corrected chi connectivity index (χ4v) is 3.17. The number of oxazole rings is 1. The number of aromatic nitrogens is 2. The third-order valence-electron chi connectivity index (χ3n) is 4.31. The number of hydrogen-bond acceptors (Lipinski definition) is 4. The fourth-order valence-electron chi connectivity index (χ4n) is 3.17. The molecule has 0 aliphatic carbocycles. The van der Waals surface area contributed by atoms with Gasteiger partial charge in [0.15, 0.2) is 5.58 Å². The standard InChI is InChI=1S/C20H13N3O2/c24-18(11-13-5-2-1-3-6-13)23-14-8-9-17-15(12-14)22-20(25-17)19-16(23)7-4-10-21-19/h1-10,12H,11H2. The molecule has 1 aliphatic heterocycles. The lowest BCUT2D eigenvalue weighted by atomic mass is 10.1. The highest BCUT2D eigenvalue weighted by molar-refractivity contribution is 6.05. The van der Waals surface area contributed by atoms with Gasteiger partial charge in [-0.25, -0.2) is 9.97 Å². The lowest BCUT2D eigenvalue weighted by Gasteiger charge is -2.24. The topological polar surface area (TPSA) is 59.2 Å². The average Bonchev–Trinajstić information content (AvgIpc) is 3.08. The van der Waals surface area contributed by atoms with E-state index < -0.39 is 0 Å². The molecule has 0 saturated carbocycles. The molecule has 25 heavy (non-hydrogen) atoms. The number of rotatable bonds is 2. The predicted molar refractivity (Wildman–Crippen MR) is 94.5 cm³/mol. The SMILES string of the molecule is O=C(Cc1ccccc1)N1c2ccc3oc(nc3c2)-c2ncccc21. The van der Waals surface area contributed by atoms with E-state index in [4.69, 9.17) is 4.42 Å². The van der Waals surface area contributed by atoms with Crippen molar-refractivity contribution in [3.05, 3.63) is 72.4 Å². The number of pyridine rings is 1. The number of benzene rings is 2. The van der Waals surface area contributed by atoms with E-state index in [1.807, 2.05) is 60.7 Å². The monoisotopic (exact) mass is 327 g/mol. The molecule has 3 heterocycles. The quantitative estimate of drug-likeness (QED) is 0.556. The van der Waals surface area contributed by atoms with Gasteiger partial charge < -0.3 is 4.42 Å². The van der Waals surface area contributed by atoms with E-state index in [-0.39, 0.29) is 5.91 Å². The number of nitrogens with zero attached hydrogens (tertiary/aromatic N) is 3. The second-order valence-electron chi connectivity index (χ2n) is 5.93. The molecule has 0 fully saturated rings. The zero-order valence-corrected chi connectivity index (χ0v) is 13.2. The highest BCUT2D eigenvalue weighted by atomic mass is 16.3. The molecular weight excluding hydrogens is 314 g/mol. The van der Waals surface area contributed by atoms with Gasteiger partial charge in [-0.15, -0.1) is 0 Å². The molecule has 1 aliphatic rings. The molecule has 0 saturated heterocycles. The third-order valence-corrected chi connectivity index (χ3v) is 4.31. The minimum absolute atomic E-state index is 0.0256. The Kier molecular flexibility index (Phi) is 2.94. The van der Waals surface area contributed by atoms with E-state index in [1.54, 1.807) is 11.1 Å². The van der Waals surface area contributed by atoms with Gasteiger partial charge in [0.2, 0.25) is 11.8 Å². The zero-order valence-electron chi connectivity index (χ0n) is 13.2. The number of fused-ring (bicyclic) bond motifs is 4. The van der Waals surface area contributed by atoms with Crippen molar-refractivity contribution in [2.75, 3.05) is 4.90 Å². The Morgan fingerprint density at radius 3 is 2.80 bits per heavy atom. The first kappa shape index (κ1) is 13.9. The maximum absolute atomic E-state index is 13.1. The van der Waals surface area contributed by atoms with Crippen LogP contribution in [0.1, 0.15) is 5.56 Å². The summed E-state index contributed by atoms with van der Waals surface area (Å²) in [5, 5.41) is 0. The Balaban J connectivity index is 1.68. The van der Waals surface area contributed by atoms with E-state index in [0.29, 0.717) is 29.3 Å². The Bertz CT molecular complexity index is 1100. The van der Waals surface area contributed by atoms with Crippen LogP contribution in [0.3, 0.4) is 0 Å². The van der Waals surface area contributed by atoms with Gasteiger partial charge in [-0.2, -0.15) is 0 Å². The summed E-state index contributed by atoms with van der Waals surface area (Å²) < 4.78 is 5.80. The van der Waals surface area contributed by atoms with Gasteiger partial charge in [-0.05, 0) is 35.9 Å². The van der Waals surface area contributed by atoms with Crippen LogP contribution in [0, 0.1) is 0 Å². The van der Waals surface area contributed by atoms with Crippen molar-refractivity contribution in [2.24, 2.45) is 0 Å². The first-order valence-electron chi connectivity index (χ1n) is 8.02. The summed E-state index contributed by atoms with van der Waals surface area (Å²) in [6.45, 7) is 0. The summed E-state index contributed by atoms with van der Waals surface area (Å²) in [6.07, 6.45) is 1.98. The second-order valence-corrected chi connectivity index (χ2v) is 5.93. The summed E-state index contributed by atoms with van der Waals surface area (Å²) >= 11 is 0. The van der Waals surface area contributed by atoms with Gasteiger partial charge >= 0.3 is 0 Å². The van der Waals surface area contributed by atoms with Gasteiger partial charge in [0, 0.05) is 6.20 Å². The second kappa shape index (κ2) is 5.27. The Morgan fingerprint density at radius 2 is 1.92 bits per heavy atom. The molecule has 2 aromatic carbocycles. The number of anilines is 2. The molecule has 4 aromatic rings. The van der Waals surface area contributed by atoms with E-state index >= 15 is 0 Å². The number of carbonyl (C=O) groups excluding carboxylic acids is 1. The van der Waals surface area contributed by atoms with Crippen molar-refractivity contribution in [1.29, 1.82) is 0 Å². The molecule has 5 rings (SSSR count). The van der Waals surface area contributed by atoms with Crippen LogP contribution < -0.4 is 4.90 Å². The summed E-state index contributed by atoms with van der Waals surface area (Å²) in [6, 6.07) is 19.0. The van der Waals surface area contributed by atoms with Gasteiger partial charge in [-0.1, -0.05) is 30.3 Å². The highest BCUT2D eigenvalue weighted by Gasteiger charge is 2.27. The summed E-state index contributed by atoms with van der Waals surface area (Å²) in [5.41, 5.74) is 4.40. The van der Waals surface area contributed by atoms with Crippen LogP contribution in [0.5, 0.6) is 0 Å². The summed E-state index contributed by atoms with van der Waals surface area (Å²) in [4.78, 5) is 23.7. The molecule has 0 unspecified atom stereocenters. The highest BCUT2D eigenvalue weighted by Crippen LogP contribution is 2.39. The largest absolute Gasteiger partial charge is 0.435 e. The van der Waals surface area contributed by atoms with Crippen molar-refractivity contribution in [3.63, 3.8) is 0 Å². The molecular formula is C20H13N3O2. The average molecular weight is 327 g/mol. The minimum atomic E-state index is -0.0256. The van der Waals surface area contributed by atoms with E-state index in [1.165, 1.54) is 0 Å². The van der Waals surface area contributed by atoms with Crippen molar-refractivity contribution in [3.8, 4) is 11.6 Å². The van der Waals surface area contributed by atoms with Gasteiger partial charge in [-0.3, -0.25) is 9.69 Å². The normalized spacial score (nSPS) is 12.2. The van der Waals surface area contributed by atoms with Crippen LogP contribution in [-0.2, 0) is 11.2 Å². The first-order chi connectivity index (χ1) is 12.3. The third kappa shape index (κ3) is 2.21. The lowest BCUT2D eigenvalue weighted by Crippen LogP contribution is -2.28. The lowest BCUT2D eigenvalue weighted by molar-refractivity contribution is -0.117. The maximum Gasteiger partial charge on any atom is 0.248 e. The van der Waals surface area contributed by atoms with Crippen LogP contribution in [0.15, 0.2) is 71.3 Å². The fraction of sp³-hybridized carbons (Fsp3) is 0.0500. The Hall–Kier alpha value is -3.47. The minimum Gasteiger partial charge on any atom is -0.435 e. The Labute approximate surface area is 143 Å². The molecule has 5 nitrogen and oxygen atoms in total. The Morgan fingerprint density at radius 1 is 1.04 bits per heavy atom. The van der Waals surface area contributed by atoms with Crippen molar-refractivity contribution in [1.82, 2.24) is 9.97 Å². The molecule has 3 bridgehead atoms. The molecule has 5 heteroatoms. The van der Waals surface area contributed by atoms with Crippen molar-refractivity contribution >= 4 is 28.4 Å². The number of hydrogen-bond donors (Lipinski definition) is 0. The van der Waals surface area contributed by atoms with Crippen LogP contribution in [-0.4, -0.2) is 15.9 Å². The van der Waals surface area contributed by atoms with Crippen LogP contribution in [0.25, 0.3) is 22.7 Å². The number of carbonyl (C=O) groups is 1. The maximum atomic E-state index is 13.1. The molecule has 2 aromatic heterocycles. The van der Waals surface area contributed by atoms with E-state index in [9.17, 15) is 4.79 Å². The van der Waals surface area contributed by atoms with Crippen LogP contribution in [0.2, 0.25) is 0 Å². The summed E-state index contributed by atoms with van der Waals surface area (Å²) in [5.74, 6) is 0.405. The van der Waals surface area contributed by atoms with Crippen molar-refractivity contribution in [2.45, 2.75) is 6.42 Å². The molecule has 0 atom stereocenters. The predicted octanol–water partition coefficient (Wildman–Crippen LogP) is 4.11. The molecule has 0 radical (unpaired) electrons. The number of amides is 1. The van der Waals surface area contributed by atoms with E-state index in [2.05, 4.69) is 9.97 Å². The molecule has 1 amide bonds. The molecule has 0 N–H and O–H groups in total. The van der Waals surface area contributed by atoms with E-state index in [0.717, 1.165) is 16.8 Å². The van der Waals surface area contributed by atoms with Crippen LogP contribution in [0.4, 0.5) is 11.4 Å². The van der Waals surface area contributed by atoms with Gasteiger partial charge in [0.25, 0.3) is 0 Å². The summed E-state index contributed by atoms with van der Waals surface area (Å²) in [7, 11) is 0. The molecule has 120 valence electrons. The van der Waals surface area contributed by atoms with Gasteiger partial charge in [0.1, 0.15) is 11.2 Å². The molecule has 0 spiro atoms. The zero-order chi connectivity index (χ0) is 16.8. The first-order valence-corrected chi connectivity index (χ1v) is 8.02. The smallest absolute Gasteiger partial charge is 0.248 e. The van der Waals surface area contributed by atoms with Gasteiger partial charge in [0.05, 0.1) is 17.8 Å². The van der Waals surface area contributed by atoms with Crippen molar-refractivity contribution < 1.29 is 9.21 Å².